The van der Waals surface area contributed by atoms with Crippen molar-refractivity contribution < 1.29 is 9.53 Å². The number of carbonyl (C=O) groups excluding carboxylic acids is 1. The van der Waals surface area contributed by atoms with E-state index < -0.39 is 0 Å². The van der Waals surface area contributed by atoms with E-state index in [9.17, 15) is 4.79 Å². The number of amides is 1. The topological polar surface area (TPSA) is 32.8 Å². The van der Waals surface area contributed by atoms with Crippen LogP contribution < -0.4 is 4.74 Å². The smallest absolute Gasteiger partial charge is 0.227 e. The highest BCUT2D eigenvalue weighted by Crippen LogP contribution is 2.29. The molecule has 0 spiro atoms. The summed E-state index contributed by atoms with van der Waals surface area (Å²) < 4.78 is 5.44. The van der Waals surface area contributed by atoms with Crippen LogP contribution in [0.3, 0.4) is 0 Å². The Bertz CT molecular complexity index is 532. The molecule has 1 saturated heterocycles. The second kappa shape index (κ2) is 6.48. The summed E-state index contributed by atoms with van der Waals surface area (Å²) in [5.74, 6) is 1.17. The lowest BCUT2D eigenvalue weighted by atomic mass is 9.96. The van der Waals surface area contributed by atoms with E-state index >= 15 is 0 Å². The van der Waals surface area contributed by atoms with E-state index in [4.69, 9.17) is 4.74 Å². The maximum atomic E-state index is 12.5. The van der Waals surface area contributed by atoms with Crippen molar-refractivity contribution >= 4 is 5.91 Å². The molecular formula is C17H26N2O2. The Balaban J connectivity index is 2.14. The molecule has 21 heavy (non-hydrogen) atoms. The summed E-state index contributed by atoms with van der Waals surface area (Å²) in [6, 6.07) is 2.09. The van der Waals surface area contributed by atoms with Gasteiger partial charge in [-0.15, -0.1) is 0 Å². The number of likely N-dealkylation sites (N-methyl/N-ethyl adjacent to an activating group) is 1. The highest BCUT2D eigenvalue weighted by Gasteiger charge is 2.20. The molecule has 0 saturated carbocycles. The zero-order valence-corrected chi connectivity index (χ0v) is 13.8. The molecule has 0 aliphatic carbocycles. The second-order valence-corrected chi connectivity index (χ2v) is 6.00. The van der Waals surface area contributed by atoms with Crippen molar-refractivity contribution in [2.45, 2.75) is 27.2 Å². The number of nitrogens with zero attached hydrogens (tertiary/aromatic N) is 2. The lowest BCUT2D eigenvalue weighted by molar-refractivity contribution is -0.132. The van der Waals surface area contributed by atoms with Crippen LogP contribution in [0.4, 0.5) is 0 Å². The van der Waals surface area contributed by atoms with Gasteiger partial charge >= 0.3 is 0 Å². The Morgan fingerprint density at radius 3 is 2.33 bits per heavy atom. The predicted molar refractivity (Wildman–Crippen MR) is 85.0 cm³/mol. The maximum Gasteiger partial charge on any atom is 0.227 e. The normalized spacial score (nSPS) is 16.1. The zero-order valence-electron chi connectivity index (χ0n) is 13.8. The number of benzene rings is 1. The van der Waals surface area contributed by atoms with Gasteiger partial charge in [-0.3, -0.25) is 4.79 Å². The van der Waals surface area contributed by atoms with Crippen LogP contribution in [0.2, 0.25) is 0 Å². The van der Waals surface area contributed by atoms with Crippen molar-refractivity contribution in [3.8, 4) is 5.75 Å². The summed E-state index contributed by atoms with van der Waals surface area (Å²) in [5.41, 5.74) is 4.52. The van der Waals surface area contributed by atoms with Gasteiger partial charge < -0.3 is 14.5 Å². The lowest BCUT2D eigenvalue weighted by Gasteiger charge is -2.32. The van der Waals surface area contributed by atoms with Gasteiger partial charge in [0.25, 0.3) is 0 Å². The summed E-state index contributed by atoms with van der Waals surface area (Å²) in [6.07, 6.45) is 0.487. The molecule has 0 radical (unpaired) electrons. The maximum absolute atomic E-state index is 12.5. The quantitative estimate of drug-likeness (QED) is 0.853. The van der Waals surface area contributed by atoms with E-state index in [0.29, 0.717) is 6.42 Å². The molecular weight excluding hydrogens is 264 g/mol. The number of aryl methyl sites for hydroxylation is 1. The number of rotatable bonds is 3. The molecule has 1 aromatic carbocycles. The zero-order chi connectivity index (χ0) is 15.6. The van der Waals surface area contributed by atoms with Crippen molar-refractivity contribution in [2.75, 3.05) is 40.3 Å². The molecule has 1 aromatic rings. The summed E-state index contributed by atoms with van der Waals surface area (Å²) >= 11 is 0. The SMILES string of the molecule is COc1c(C)cc(CC(=O)N2CCN(C)CC2)c(C)c1C. The largest absolute Gasteiger partial charge is 0.496 e. The molecule has 4 nitrogen and oxygen atoms in total. The van der Waals surface area contributed by atoms with Crippen LogP contribution in [0.25, 0.3) is 0 Å². The number of piperazine rings is 1. The van der Waals surface area contributed by atoms with Crippen molar-refractivity contribution in [3.05, 3.63) is 28.3 Å². The number of hydrogen-bond acceptors (Lipinski definition) is 3. The number of ether oxygens (including phenoxy) is 1. The summed E-state index contributed by atoms with van der Waals surface area (Å²) in [4.78, 5) is 16.7. The number of hydrogen-bond donors (Lipinski definition) is 0. The first-order valence-electron chi connectivity index (χ1n) is 7.54. The van der Waals surface area contributed by atoms with Gasteiger partial charge in [-0.2, -0.15) is 0 Å². The minimum atomic E-state index is 0.232. The fraction of sp³-hybridized carbons (Fsp3) is 0.588. The van der Waals surface area contributed by atoms with Crippen molar-refractivity contribution in [1.82, 2.24) is 9.80 Å². The average Bonchev–Trinajstić information content (AvgIpc) is 2.45. The fourth-order valence-electron chi connectivity index (χ4n) is 2.97. The molecule has 4 heteroatoms. The molecule has 1 heterocycles. The molecule has 1 fully saturated rings. The molecule has 0 bridgehead atoms. The summed E-state index contributed by atoms with van der Waals surface area (Å²) in [7, 11) is 3.80. The van der Waals surface area contributed by atoms with E-state index in [1.807, 2.05) is 11.8 Å². The molecule has 0 atom stereocenters. The van der Waals surface area contributed by atoms with Gasteiger partial charge in [0.05, 0.1) is 13.5 Å². The molecule has 0 aromatic heterocycles. The minimum Gasteiger partial charge on any atom is -0.496 e. The van der Waals surface area contributed by atoms with Crippen LogP contribution in [0.1, 0.15) is 22.3 Å². The third-order valence-electron chi connectivity index (χ3n) is 4.54. The van der Waals surface area contributed by atoms with E-state index in [2.05, 4.69) is 31.9 Å². The Labute approximate surface area is 127 Å². The Morgan fingerprint density at radius 2 is 1.76 bits per heavy atom. The first-order valence-corrected chi connectivity index (χ1v) is 7.54. The average molecular weight is 290 g/mol. The van der Waals surface area contributed by atoms with Crippen molar-refractivity contribution in [3.63, 3.8) is 0 Å². The van der Waals surface area contributed by atoms with E-state index in [0.717, 1.165) is 48.6 Å². The molecule has 1 amide bonds. The van der Waals surface area contributed by atoms with Gasteiger partial charge in [-0.1, -0.05) is 6.07 Å². The van der Waals surface area contributed by atoms with Crippen LogP contribution in [0, 0.1) is 20.8 Å². The monoisotopic (exact) mass is 290 g/mol. The molecule has 1 aliphatic rings. The van der Waals surface area contributed by atoms with Gasteiger partial charge in [0.2, 0.25) is 5.91 Å². The first kappa shape index (κ1) is 15.8. The summed E-state index contributed by atoms with van der Waals surface area (Å²) in [5, 5.41) is 0. The third kappa shape index (κ3) is 3.38. The highest BCUT2D eigenvalue weighted by molar-refractivity contribution is 5.79. The van der Waals surface area contributed by atoms with Crippen LogP contribution >= 0.6 is 0 Å². The van der Waals surface area contributed by atoms with Crippen LogP contribution in [-0.2, 0) is 11.2 Å². The number of carbonyl (C=O) groups is 1. The summed E-state index contributed by atoms with van der Waals surface area (Å²) in [6.45, 7) is 9.77. The van der Waals surface area contributed by atoms with E-state index in [-0.39, 0.29) is 5.91 Å². The van der Waals surface area contributed by atoms with Gasteiger partial charge in [-0.05, 0) is 50.1 Å². The van der Waals surface area contributed by atoms with Crippen LogP contribution in [0.5, 0.6) is 5.75 Å². The third-order valence-corrected chi connectivity index (χ3v) is 4.54. The standard InChI is InChI=1S/C17H26N2O2/c1-12-10-15(13(2)14(3)17(12)21-5)11-16(20)19-8-6-18(4)7-9-19/h10H,6-9,11H2,1-5H3. The Kier molecular flexibility index (Phi) is 4.88. The van der Waals surface area contributed by atoms with Gasteiger partial charge in [-0.25, -0.2) is 0 Å². The minimum absolute atomic E-state index is 0.232. The fourth-order valence-corrected chi connectivity index (χ4v) is 2.97. The Morgan fingerprint density at radius 1 is 1.14 bits per heavy atom. The van der Waals surface area contributed by atoms with Gasteiger partial charge in [0, 0.05) is 26.2 Å². The molecule has 116 valence electrons. The molecule has 0 unspecified atom stereocenters. The van der Waals surface area contributed by atoms with Crippen LogP contribution in [-0.4, -0.2) is 56.0 Å². The van der Waals surface area contributed by atoms with Crippen molar-refractivity contribution in [2.24, 2.45) is 0 Å². The highest BCUT2D eigenvalue weighted by atomic mass is 16.5. The Hall–Kier alpha value is -1.55. The molecule has 0 N–H and O–H groups in total. The number of methoxy groups -OCH3 is 1. The van der Waals surface area contributed by atoms with E-state index in [1.165, 1.54) is 5.56 Å². The van der Waals surface area contributed by atoms with E-state index in [1.54, 1.807) is 7.11 Å². The molecule has 1 aliphatic heterocycles. The first-order chi connectivity index (χ1) is 9.93. The van der Waals surface area contributed by atoms with Gasteiger partial charge in [0.15, 0.2) is 0 Å². The van der Waals surface area contributed by atoms with Gasteiger partial charge in [0.1, 0.15) is 5.75 Å². The van der Waals surface area contributed by atoms with Crippen molar-refractivity contribution in [1.29, 1.82) is 0 Å². The second-order valence-electron chi connectivity index (χ2n) is 6.00. The van der Waals surface area contributed by atoms with Crippen LogP contribution in [0.15, 0.2) is 6.07 Å². The molecule has 2 rings (SSSR count). The lowest BCUT2D eigenvalue weighted by Crippen LogP contribution is -2.47. The predicted octanol–water partition coefficient (Wildman–Crippen LogP) is 1.94.